The zero-order chi connectivity index (χ0) is 16.1. The third-order valence-electron chi connectivity index (χ3n) is 2.99. The van der Waals surface area contributed by atoms with Crippen LogP contribution in [0.15, 0.2) is 24.4 Å². The maximum atomic E-state index is 12.0. The summed E-state index contributed by atoms with van der Waals surface area (Å²) in [5, 5.41) is 12.2. The van der Waals surface area contributed by atoms with E-state index in [-0.39, 0.29) is 18.7 Å². The number of aromatic nitrogens is 1. The lowest BCUT2D eigenvalue weighted by Crippen LogP contribution is -2.16. The van der Waals surface area contributed by atoms with Gasteiger partial charge in [0.2, 0.25) is 0 Å². The summed E-state index contributed by atoms with van der Waals surface area (Å²) < 4.78 is 10.2. The van der Waals surface area contributed by atoms with E-state index in [2.05, 4.69) is 10.3 Å². The van der Waals surface area contributed by atoms with Crippen LogP contribution in [0.4, 0.5) is 5.69 Å². The molecule has 7 heteroatoms. The smallest absolute Gasteiger partial charge is 0.341 e. The number of nitrogens with one attached hydrogen (secondary N) is 1. The van der Waals surface area contributed by atoms with E-state index in [1.165, 1.54) is 13.3 Å². The number of ether oxygens (including phenoxy) is 2. The first-order valence-electron chi connectivity index (χ1n) is 6.67. The summed E-state index contributed by atoms with van der Waals surface area (Å²) in [6.07, 6.45) is 1.35. The summed E-state index contributed by atoms with van der Waals surface area (Å²) in [6, 6.07) is 5.21. The number of aliphatic carboxylic acids is 1. The molecule has 0 saturated carbocycles. The van der Waals surface area contributed by atoms with Crippen LogP contribution in [0.3, 0.4) is 0 Å². The number of hydrogen-bond donors (Lipinski definition) is 2. The van der Waals surface area contributed by atoms with Crippen LogP contribution in [0.5, 0.6) is 5.75 Å². The average Bonchev–Trinajstić information content (AvgIpc) is 2.51. The Bertz CT molecular complexity index is 714. The largest absolute Gasteiger partial charge is 0.494 e. The predicted molar refractivity (Wildman–Crippen MR) is 80.4 cm³/mol. The molecule has 2 N–H and O–H groups in total. The monoisotopic (exact) mass is 304 g/mol. The van der Waals surface area contributed by atoms with E-state index < -0.39 is 11.9 Å². The molecule has 1 aromatic carbocycles. The van der Waals surface area contributed by atoms with Crippen LogP contribution in [-0.4, -0.2) is 42.3 Å². The molecule has 116 valence electrons. The lowest BCUT2D eigenvalue weighted by molar-refractivity contribution is -0.134. The van der Waals surface area contributed by atoms with Gasteiger partial charge in [0, 0.05) is 11.6 Å². The highest BCUT2D eigenvalue weighted by Crippen LogP contribution is 2.31. The lowest BCUT2D eigenvalue weighted by Gasteiger charge is -2.14. The number of nitrogens with zero attached hydrogens (tertiary/aromatic N) is 1. The number of rotatable bonds is 6. The molecule has 0 atom stereocenters. The number of carbonyl (C=O) groups excluding carboxylic acids is 1. The molecule has 0 saturated heterocycles. The maximum Gasteiger partial charge on any atom is 0.341 e. The summed E-state index contributed by atoms with van der Waals surface area (Å²) in [7, 11) is 1.51. The number of hydrogen-bond acceptors (Lipinski definition) is 6. The molecule has 1 aromatic heterocycles. The molecule has 22 heavy (non-hydrogen) atoms. The van der Waals surface area contributed by atoms with E-state index >= 15 is 0 Å². The molecule has 0 aliphatic heterocycles. The van der Waals surface area contributed by atoms with Crippen LogP contribution in [0.1, 0.15) is 17.3 Å². The third kappa shape index (κ3) is 3.08. The van der Waals surface area contributed by atoms with E-state index in [0.717, 1.165) is 0 Å². The van der Waals surface area contributed by atoms with Crippen molar-refractivity contribution in [2.24, 2.45) is 0 Å². The number of anilines is 1. The van der Waals surface area contributed by atoms with E-state index in [0.29, 0.717) is 22.3 Å². The highest BCUT2D eigenvalue weighted by Gasteiger charge is 2.18. The molecule has 0 radical (unpaired) electrons. The first kappa shape index (κ1) is 15.6. The molecule has 1 heterocycles. The fourth-order valence-electron chi connectivity index (χ4n) is 2.08. The molecular weight excluding hydrogens is 288 g/mol. The Morgan fingerprint density at radius 3 is 2.77 bits per heavy atom. The van der Waals surface area contributed by atoms with Gasteiger partial charge in [-0.05, 0) is 13.0 Å². The van der Waals surface area contributed by atoms with Gasteiger partial charge in [0.05, 0.1) is 19.4 Å². The van der Waals surface area contributed by atoms with Gasteiger partial charge in [0.25, 0.3) is 0 Å². The van der Waals surface area contributed by atoms with Crippen molar-refractivity contribution in [1.82, 2.24) is 4.98 Å². The number of methoxy groups -OCH3 is 1. The van der Waals surface area contributed by atoms with Crippen molar-refractivity contribution in [3.8, 4) is 5.75 Å². The topological polar surface area (TPSA) is 97.8 Å². The van der Waals surface area contributed by atoms with Gasteiger partial charge in [-0.2, -0.15) is 0 Å². The van der Waals surface area contributed by atoms with Gasteiger partial charge in [-0.25, -0.2) is 4.79 Å². The van der Waals surface area contributed by atoms with Crippen molar-refractivity contribution < 1.29 is 24.2 Å². The summed E-state index contributed by atoms with van der Waals surface area (Å²) >= 11 is 0. The molecule has 2 rings (SSSR count). The molecule has 0 unspecified atom stereocenters. The van der Waals surface area contributed by atoms with Crippen molar-refractivity contribution in [3.63, 3.8) is 0 Å². The molecule has 0 spiro atoms. The van der Waals surface area contributed by atoms with Gasteiger partial charge in [-0.1, -0.05) is 12.1 Å². The SMILES string of the molecule is CCOC(=O)c1cnc2c(OC)cccc2c1NCC(=O)O. The fraction of sp³-hybridized carbons (Fsp3) is 0.267. The van der Waals surface area contributed by atoms with E-state index in [1.54, 1.807) is 25.1 Å². The number of carboxylic acid groups (broad SMARTS) is 1. The molecule has 0 fully saturated rings. The number of benzene rings is 1. The first-order valence-corrected chi connectivity index (χ1v) is 6.67. The first-order chi connectivity index (χ1) is 10.6. The Balaban J connectivity index is 2.61. The molecule has 0 bridgehead atoms. The third-order valence-corrected chi connectivity index (χ3v) is 2.99. The molecular formula is C15H16N2O5. The molecule has 0 aliphatic carbocycles. The minimum absolute atomic E-state index is 0.184. The Morgan fingerprint density at radius 2 is 2.14 bits per heavy atom. The van der Waals surface area contributed by atoms with Crippen molar-refractivity contribution >= 4 is 28.5 Å². The molecule has 2 aromatic rings. The van der Waals surface area contributed by atoms with Crippen molar-refractivity contribution in [2.75, 3.05) is 25.6 Å². The van der Waals surface area contributed by atoms with Crippen molar-refractivity contribution in [2.45, 2.75) is 6.92 Å². The van der Waals surface area contributed by atoms with Crippen LogP contribution in [-0.2, 0) is 9.53 Å². The Labute approximate surface area is 126 Å². The van der Waals surface area contributed by atoms with E-state index in [4.69, 9.17) is 14.6 Å². The lowest BCUT2D eigenvalue weighted by atomic mass is 10.1. The van der Waals surface area contributed by atoms with Crippen LogP contribution in [0.25, 0.3) is 10.9 Å². The summed E-state index contributed by atoms with van der Waals surface area (Å²) in [5.41, 5.74) is 1.08. The number of pyridine rings is 1. The maximum absolute atomic E-state index is 12.0. The minimum atomic E-state index is -1.04. The standard InChI is InChI=1S/C15H16N2O5/c1-3-22-15(20)10-7-16-14-9(5-4-6-11(14)21-2)13(10)17-8-12(18)19/h4-7H,3,8H2,1-2H3,(H,16,17)(H,18,19). The van der Waals surface area contributed by atoms with Crippen molar-refractivity contribution in [1.29, 1.82) is 0 Å². The van der Waals surface area contributed by atoms with Gasteiger partial charge in [-0.3, -0.25) is 9.78 Å². The number of carbonyl (C=O) groups is 2. The van der Waals surface area contributed by atoms with Crippen LogP contribution < -0.4 is 10.1 Å². The predicted octanol–water partition coefficient (Wildman–Crippen LogP) is 1.92. The van der Waals surface area contributed by atoms with E-state index in [1.807, 2.05) is 0 Å². The number of carboxylic acids is 1. The molecule has 0 aliphatic rings. The zero-order valence-corrected chi connectivity index (χ0v) is 12.3. The molecule has 0 amide bonds. The second-order valence-corrected chi connectivity index (χ2v) is 4.37. The summed E-state index contributed by atoms with van der Waals surface area (Å²) in [6.45, 7) is 1.58. The Morgan fingerprint density at radius 1 is 1.36 bits per heavy atom. The Hall–Kier alpha value is -2.83. The minimum Gasteiger partial charge on any atom is -0.494 e. The summed E-state index contributed by atoms with van der Waals surface area (Å²) in [4.78, 5) is 27.1. The summed E-state index contributed by atoms with van der Waals surface area (Å²) in [5.74, 6) is -1.07. The van der Waals surface area contributed by atoms with Crippen LogP contribution in [0, 0.1) is 0 Å². The van der Waals surface area contributed by atoms with Crippen LogP contribution >= 0.6 is 0 Å². The van der Waals surface area contributed by atoms with Gasteiger partial charge in [0.1, 0.15) is 23.4 Å². The highest BCUT2D eigenvalue weighted by atomic mass is 16.5. The number of fused-ring (bicyclic) bond motifs is 1. The van der Waals surface area contributed by atoms with Gasteiger partial charge >= 0.3 is 11.9 Å². The average molecular weight is 304 g/mol. The second kappa shape index (κ2) is 6.75. The number of para-hydroxylation sites is 1. The fourth-order valence-corrected chi connectivity index (χ4v) is 2.08. The zero-order valence-electron chi connectivity index (χ0n) is 12.3. The Kier molecular flexibility index (Phi) is 4.77. The van der Waals surface area contributed by atoms with Crippen molar-refractivity contribution in [3.05, 3.63) is 30.0 Å². The van der Waals surface area contributed by atoms with Gasteiger partial charge < -0.3 is 19.9 Å². The van der Waals surface area contributed by atoms with Gasteiger partial charge in [-0.15, -0.1) is 0 Å². The molecule has 7 nitrogen and oxygen atoms in total. The second-order valence-electron chi connectivity index (χ2n) is 4.37. The normalized spacial score (nSPS) is 10.3. The van der Waals surface area contributed by atoms with Crippen LogP contribution in [0.2, 0.25) is 0 Å². The van der Waals surface area contributed by atoms with E-state index in [9.17, 15) is 9.59 Å². The highest BCUT2D eigenvalue weighted by molar-refractivity contribution is 6.06. The number of esters is 1. The van der Waals surface area contributed by atoms with Gasteiger partial charge in [0.15, 0.2) is 0 Å². The quantitative estimate of drug-likeness (QED) is 0.787.